The number of alkyl carbamates (subject to hydrolysis) is 1. The summed E-state index contributed by atoms with van der Waals surface area (Å²) in [7, 11) is 0. The Hall–Kier alpha value is -2.15. The number of halogens is 1. The van der Waals surface area contributed by atoms with Gasteiger partial charge in [-0.2, -0.15) is 0 Å². The molecule has 1 aliphatic heterocycles. The third kappa shape index (κ3) is 5.31. The highest BCUT2D eigenvalue weighted by Gasteiger charge is 2.50. The predicted octanol–water partition coefficient (Wildman–Crippen LogP) is 3.82. The van der Waals surface area contributed by atoms with Gasteiger partial charge in [-0.1, -0.05) is 32.9 Å². The van der Waals surface area contributed by atoms with Gasteiger partial charge in [0.2, 0.25) is 5.91 Å². The Kier molecular flexibility index (Phi) is 6.86. The van der Waals surface area contributed by atoms with Crippen molar-refractivity contribution in [2.75, 3.05) is 13.1 Å². The molecule has 1 aliphatic rings. The average molecular weight is 423 g/mol. The Balaban J connectivity index is 2.06. The van der Waals surface area contributed by atoms with Crippen molar-refractivity contribution in [2.45, 2.75) is 72.1 Å². The maximum Gasteiger partial charge on any atom is 0.407 e. The number of nitrogens with one attached hydrogen (secondary N) is 1. The SMILES string of the molecule is CC(NC(=O)OC(C)(C)C)C(C)C(=O)N1CCC(O)(c2ccc(F)cc2)C(C)(C)C1. The lowest BCUT2D eigenvalue weighted by Crippen LogP contribution is -2.58. The molecule has 1 saturated heterocycles. The van der Waals surface area contributed by atoms with Crippen molar-refractivity contribution >= 4 is 12.0 Å². The number of benzene rings is 1. The minimum atomic E-state index is -1.17. The minimum absolute atomic E-state index is 0.0900. The number of carbonyl (C=O) groups is 2. The number of rotatable bonds is 4. The van der Waals surface area contributed by atoms with Crippen molar-refractivity contribution in [3.8, 4) is 0 Å². The first-order chi connectivity index (χ1) is 13.7. The molecule has 0 aromatic heterocycles. The summed E-state index contributed by atoms with van der Waals surface area (Å²) in [5, 5.41) is 14.1. The number of piperidine rings is 1. The molecule has 3 atom stereocenters. The van der Waals surface area contributed by atoms with Crippen LogP contribution in [0.2, 0.25) is 0 Å². The maximum atomic E-state index is 13.3. The molecule has 0 bridgehead atoms. The van der Waals surface area contributed by atoms with Crippen molar-refractivity contribution in [3.63, 3.8) is 0 Å². The van der Waals surface area contributed by atoms with Crippen molar-refractivity contribution in [1.29, 1.82) is 0 Å². The lowest BCUT2D eigenvalue weighted by Gasteiger charge is -2.51. The monoisotopic (exact) mass is 422 g/mol. The molecule has 3 unspecified atom stereocenters. The van der Waals surface area contributed by atoms with E-state index in [0.29, 0.717) is 25.1 Å². The molecule has 0 aliphatic carbocycles. The normalized spacial score (nSPS) is 23.4. The van der Waals surface area contributed by atoms with Crippen molar-refractivity contribution < 1.29 is 23.8 Å². The van der Waals surface area contributed by atoms with Crippen LogP contribution in [0.1, 0.15) is 60.5 Å². The molecular formula is C23H35FN2O4. The average Bonchev–Trinajstić information content (AvgIpc) is 2.61. The van der Waals surface area contributed by atoms with Crippen LogP contribution >= 0.6 is 0 Å². The molecule has 0 spiro atoms. The summed E-state index contributed by atoms with van der Waals surface area (Å²) in [5.41, 5.74) is -1.77. The standard InChI is InChI=1S/C23H35FN2O4/c1-15(16(2)25-20(28)30-21(3,4)5)19(27)26-13-12-23(29,22(6,7)14-26)17-8-10-18(24)11-9-17/h8-11,15-16,29H,12-14H2,1-7H3,(H,25,28). The van der Waals surface area contributed by atoms with E-state index >= 15 is 0 Å². The van der Waals surface area contributed by atoms with Gasteiger partial charge >= 0.3 is 6.09 Å². The van der Waals surface area contributed by atoms with Crippen LogP contribution in [-0.4, -0.2) is 46.7 Å². The second-order valence-corrected chi connectivity index (χ2v) is 9.98. The molecule has 1 heterocycles. The summed E-state index contributed by atoms with van der Waals surface area (Å²) in [6, 6.07) is 5.47. The van der Waals surface area contributed by atoms with E-state index in [4.69, 9.17) is 4.74 Å². The smallest absolute Gasteiger partial charge is 0.407 e. The van der Waals surface area contributed by atoms with Gasteiger partial charge in [-0.15, -0.1) is 0 Å². The van der Waals surface area contributed by atoms with E-state index in [2.05, 4.69) is 5.32 Å². The summed E-state index contributed by atoms with van der Waals surface area (Å²) in [5.74, 6) is -0.897. The summed E-state index contributed by atoms with van der Waals surface area (Å²) in [4.78, 5) is 26.8. The fraction of sp³-hybridized carbons (Fsp3) is 0.652. The van der Waals surface area contributed by atoms with Crippen LogP contribution in [0.25, 0.3) is 0 Å². The van der Waals surface area contributed by atoms with Crippen LogP contribution in [0.4, 0.5) is 9.18 Å². The van der Waals surface area contributed by atoms with Crippen LogP contribution in [0, 0.1) is 17.2 Å². The number of ether oxygens (including phenoxy) is 1. The summed E-state index contributed by atoms with van der Waals surface area (Å²) in [6.45, 7) is 13.4. The van der Waals surface area contributed by atoms with Gasteiger partial charge in [0.15, 0.2) is 0 Å². The van der Waals surface area contributed by atoms with Crippen LogP contribution in [0.3, 0.4) is 0 Å². The second-order valence-electron chi connectivity index (χ2n) is 9.98. The van der Waals surface area contributed by atoms with Crippen LogP contribution in [0.5, 0.6) is 0 Å². The lowest BCUT2D eigenvalue weighted by molar-refractivity contribution is -0.156. The molecule has 30 heavy (non-hydrogen) atoms. The minimum Gasteiger partial charge on any atom is -0.444 e. The number of likely N-dealkylation sites (tertiary alicyclic amines) is 1. The first-order valence-electron chi connectivity index (χ1n) is 10.4. The lowest BCUT2D eigenvalue weighted by atomic mass is 9.66. The van der Waals surface area contributed by atoms with E-state index in [9.17, 15) is 19.1 Å². The number of hydrogen-bond acceptors (Lipinski definition) is 4. The van der Waals surface area contributed by atoms with Crippen LogP contribution in [0.15, 0.2) is 24.3 Å². The number of carbonyl (C=O) groups excluding carboxylic acids is 2. The third-order valence-corrected chi connectivity index (χ3v) is 5.97. The molecule has 7 heteroatoms. The number of hydrogen-bond donors (Lipinski definition) is 2. The van der Waals surface area contributed by atoms with E-state index in [0.717, 1.165) is 0 Å². The molecule has 1 fully saturated rings. The van der Waals surface area contributed by atoms with E-state index in [1.54, 1.807) is 51.7 Å². The van der Waals surface area contributed by atoms with Gasteiger partial charge in [-0.3, -0.25) is 4.79 Å². The number of aliphatic hydroxyl groups is 1. The quantitative estimate of drug-likeness (QED) is 0.773. The van der Waals surface area contributed by atoms with Crippen LogP contribution < -0.4 is 5.32 Å². The van der Waals surface area contributed by atoms with E-state index < -0.39 is 34.7 Å². The van der Waals surface area contributed by atoms with Gasteiger partial charge in [0, 0.05) is 24.5 Å². The largest absolute Gasteiger partial charge is 0.444 e. The van der Waals surface area contributed by atoms with Crippen molar-refractivity contribution in [1.82, 2.24) is 10.2 Å². The molecule has 168 valence electrons. The molecular weight excluding hydrogens is 387 g/mol. The Morgan fingerprint density at radius 2 is 1.77 bits per heavy atom. The Morgan fingerprint density at radius 1 is 1.20 bits per heavy atom. The van der Waals surface area contributed by atoms with Gasteiger partial charge in [0.25, 0.3) is 0 Å². The highest BCUT2D eigenvalue weighted by atomic mass is 19.1. The molecule has 0 saturated carbocycles. The molecule has 2 N–H and O–H groups in total. The Bertz CT molecular complexity index is 772. The topological polar surface area (TPSA) is 78.9 Å². The molecule has 1 aromatic rings. The van der Waals surface area contributed by atoms with Gasteiger partial charge in [-0.25, -0.2) is 9.18 Å². The van der Waals surface area contributed by atoms with Crippen molar-refractivity contribution in [3.05, 3.63) is 35.6 Å². The second kappa shape index (κ2) is 8.53. The Labute approximate surface area is 178 Å². The summed E-state index contributed by atoms with van der Waals surface area (Å²) >= 11 is 0. The molecule has 2 amide bonds. The van der Waals surface area contributed by atoms with Gasteiger partial charge in [0.05, 0.1) is 11.5 Å². The van der Waals surface area contributed by atoms with Gasteiger partial charge < -0.3 is 20.1 Å². The number of amides is 2. The Morgan fingerprint density at radius 3 is 2.27 bits per heavy atom. The van der Waals surface area contributed by atoms with Crippen molar-refractivity contribution in [2.24, 2.45) is 11.3 Å². The molecule has 1 aromatic carbocycles. The predicted molar refractivity (Wildman–Crippen MR) is 113 cm³/mol. The van der Waals surface area contributed by atoms with Gasteiger partial charge in [-0.05, 0) is 51.8 Å². The fourth-order valence-corrected chi connectivity index (χ4v) is 3.89. The molecule has 6 nitrogen and oxygen atoms in total. The van der Waals surface area contributed by atoms with Crippen LogP contribution in [-0.2, 0) is 15.1 Å². The van der Waals surface area contributed by atoms with Gasteiger partial charge in [0.1, 0.15) is 11.4 Å². The summed E-state index contributed by atoms with van der Waals surface area (Å²) < 4.78 is 18.6. The maximum absolute atomic E-state index is 13.3. The first-order valence-corrected chi connectivity index (χ1v) is 10.4. The zero-order valence-electron chi connectivity index (χ0n) is 19.1. The van der Waals surface area contributed by atoms with E-state index in [1.165, 1.54) is 12.1 Å². The molecule has 2 rings (SSSR count). The zero-order valence-corrected chi connectivity index (χ0v) is 19.1. The highest BCUT2D eigenvalue weighted by molar-refractivity contribution is 5.80. The third-order valence-electron chi connectivity index (χ3n) is 5.97. The molecule has 0 radical (unpaired) electrons. The zero-order chi connectivity index (χ0) is 22.9. The highest BCUT2D eigenvalue weighted by Crippen LogP contribution is 2.46. The number of nitrogens with zero attached hydrogens (tertiary/aromatic N) is 1. The summed E-state index contributed by atoms with van der Waals surface area (Å²) in [6.07, 6.45) is -0.211. The fourth-order valence-electron chi connectivity index (χ4n) is 3.89. The first kappa shape index (κ1) is 24.1. The van der Waals surface area contributed by atoms with E-state index in [-0.39, 0.29) is 11.7 Å². The van der Waals surface area contributed by atoms with E-state index in [1.807, 2.05) is 13.8 Å².